The van der Waals surface area contributed by atoms with E-state index in [0.717, 1.165) is 25.7 Å². The normalized spacial score (nSPS) is 10.9. The van der Waals surface area contributed by atoms with Gasteiger partial charge in [0.2, 0.25) is 0 Å². The Morgan fingerprint density at radius 2 is 0.325 bits per heavy atom. The van der Waals surface area contributed by atoms with Gasteiger partial charge in [-0.1, -0.05) is 340 Å². The average Bonchev–Trinajstić information content (AvgIpc) is 3.35. The molecule has 0 amide bonds. The zero-order valence-corrected chi connectivity index (χ0v) is 57.1. The fourth-order valence-corrected chi connectivity index (χ4v) is 8.96. The van der Waals surface area contributed by atoms with Gasteiger partial charge in [0, 0.05) is 0 Å². The minimum Gasteiger partial charge on any atom is -0.852 e. The zero-order valence-electron chi connectivity index (χ0n) is 55.7. The molecule has 0 unspecified atom stereocenters. The van der Waals surface area contributed by atoms with Crippen LogP contribution in [0.2, 0.25) is 0 Å². The van der Waals surface area contributed by atoms with Gasteiger partial charge in [-0.15, -0.1) is 24.4 Å². The first-order valence-electron chi connectivity index (χ1n) is 32.6. The second-order valence-electron chi connectivity index (χ2n) is 22.1. The quantitative estimate of drug-likeness (QED) is 0.0324. The van der Waals surface area contributed by atoms with Crippen molar-refractivity contribution in [1.29, 1.82) is 0 Å². The van der Waals surface area contributed by atoms with E-state index in [9.17, 15) is 30.2 Å². The third-order valence-electron chi connectivity index (χ3n) is 11.8. The molecule has 10 nitrogen and oxygen atoms in total. The molecule has 0 aliphatic heterocycles. The summed E-state index contributed by atoms with van der Waals surface area (Å²) in [6.07, 6.45) is 56.3. The van der Waals surface area contributed by atoms with Gasteiger partial charge in [0.1, 0.15) is 0 Å². The standard InChI is InChI=1S/2C26H54O3P.4C3H7O.Ti/c2*1-3-5-7-9-11-13-15-17-19-21-23-25-28-30(27)29-26-24-22-20-18-16-14-12-10-8-6-4-2;4*1-3(2)4;/h2*3-26H2,1-2H3;4*3H,1-2H3;/q6*-1;+4/p+2. The van der Waals surface area contributed by atoms with Crippen LogP contribution in [0, 0.1) is 0 Å². The maximum absolute atomic E-state index is 11.7. The summed E-state index contributed by atoms with van der Waals surface area (Å²) in [7, 11) is -3.81. The van der Waals surface area contributed by atoms with Crippen LogP contribution in [0.4, 0.5) is 0 Å². The van der Waals surface area contributed by atoms with Gasteiger partial charge in [-0.25, -0.2) is 0 Å². The van der Waals surface area contributed by atoms with Gasteiger partial charge < -0.3 is 48.3 Å². The van der Waals surface area contributed by atoms with Crippen LogP contribution in [0.1, 0.15) is 368 Å². The van der Waals surface area contributed by atoms with Crippen molar-refractivity contribution in [1.82, 2.24) is 0 Å². The van der Waals surface area contributed by atoms with Crippen LogP contribution in [-0.2, 0) is 39.8 Å². The molecule has 468 valence electrons. The first-order chi connectivity index (χ1) is 36.5. The molecular weight excluding hydrogens is 1040 g/mol. The number of rotatable bonds is 52. The molecule has 0 aromatic carbocycles. The fourth-order valence-electron chi connectivity index (χ4n) is 7.70. The summed E-state index contributed by atoms with van der Waals surface area (Å²) in [4.78, 5) is 23.4. The molecule has 0 aromatic heterocycles. The maximum atomic E-state index is 11.7. The minimum atomic E-state index is -1.91. The van der Waals surface area contributed by atoms with Crippen molar-refractivity contribution in [3.63, 3.8) is 0 Å². The maximum Gasteiger partial charge on any atom is 4.00 e. The SMILES string of the molecule is CC(C)[O-].CC(C)[O-].CC(C)[O-].CC(C)[O-].CCCCCCCCCCCCCOP([O-])OCCCCCCCCCCCCC.CCCCCCCCCCCCCOP([O-])OCCCCCCCCCCCCC.[H+].[H+].[Ti+4]. The fraction of sp³-hybridized carbons (Fsp3) is 1.00. The van der Waals surface area contributed by atoms with E-state index in [-0.39, 0.29) is 24.6 Å². The number of hydrogen-bond acceptors (Lipinski definition) is 10. The zero-order chi connectivity index (χ0) is 58.2. The van der Waals surface area contributed by atoms with Crippen molar-refractivity contribution in [2.24, 2.45) is 0 Å². The largest absolute Gasteiger partial charge is 4.00 e. The average molecular weight is 1180 g/mol. The Bertz CT molecular complexity index is 778. The van der Waals surface area contributed by atoms with Crippen LogP contribution in [0.15, 0.2) is 0 Å². The van der Waals surface area contributed by atoms with Crippen LogP contribution in [0.3, 0.4) is 0 Å². The van der Waals surface area contributed by atoms with Crippen LogP contribution < -0.4 is 30.2 Å². The van der Waals surface area contributed by atoms with Crippen LogP contribution in [0.5, 0.6) is 0 Å². The van der Waals surface area contributed by atoms with Crippen LogP contribution >= 0.6 is 17.2 Å². The first-order valence-corrected chi connectivity index (χ1v) is 34.8. The van der Waals surface area contributed by atoms with E-state index in [2.05, 4.69) is 27.7 Å². The van der Waals surface area contributed by atoms with Crippen molar-refractivity contribution in [3.8, 4) is 0 Å². The predicted octanol–water partition coefficient (Wildman–Crippen LogP) is 17.7. The van der Waals surface area contributed by atoms with Crippen LogP contribution in [0.25, 0.3) is 0 Å². The van der Waals surface area contributed by atoms with Crippen molar-refractivity contribution >= 4 is 17.2 Å². The Hall–Kier alpha value is 1.17. The smallest absolute Gasteiger partial charge is 0.852 e. The molecule has 0 fully saturated rings. The van der Waals surface area contributed by atoms with E-state index >= 15 is 0 Å². The molecule has 0 aliphatic carbocycles. The third kappa shape index (κ3) is 133. The van der Waals surface area contributed by atoms with Crippen molar-refractivity contribution in [2.45, 2.75) is 390 Å². The Morgan fingerprint density at radius 3 is 0.429 bits per heavy atom. The molecule has 0 aliphatic rings. The summed E-state index contributed by atoms with van der Waals surface area (Å²) in [6.45, 7) is 24.3. The summed E-state index contributed by atoms with van der Waals surface area (Å²) in [5.74, 6) is 0. The van der Waals surface area contributed by atoms with E-state index < -0.39 is 41.6 Å². The molecule has 13 heteroatoms. The Labute approximate surface area is 503 Å². The van der Waals surface area contributed by atoms with Gasteiger partial charge in [-0.05, 0) is 25.7 Å². The summed E-state index contributed by atoms with van der Waals surface area (Å²) < 4.78 is 21.2. The molecule has 0 radical (unpaired) electrons. The van der Waals surface area contributed by atoms with Gasteiger partial charge in [0.15, 0.2) is 0 Å². The molecule has 0 heterocycles. The monoisotopic (exact) mass is 1180 g/mol. The van der Waals surface area contributed by atoms with Gasteiger partial charge in [-0.3, -0.25) is 0 Å². The first kappa shape index (κ1) is 91.9. The predicted molar refractivity (Wildman–Crippen MR) is 326 cm³/mol. The van der Waals surface area contributed by atoms with Crippen molar-refractivity contribution < 1.29 is 72.9 Å². The van der Waals surface area contributed by atoms with E-state index in [1.54, 1.807) is 55.4 Å². The molecule has 0 aromatic rings. The second-order valence-corrected chi connectivity index (χ2v) is 24.0. The molecule has 0 N–H and O–H groups in total. The molecule has 0 bridgehead atoms. The third-order valence-corrected chi connectivity index (χ3v) is 13.4. The van der Waals surface area contributed by atoms with E-state index in [1.807, 2.05) is 0 Å². The summed E-state index contributed by atoms with van der Waals surface area (Å²) in [6, 6.07) is 0. The van der Waals surface area contributed by atoms with Gasteiger partial charge in [0.05, 0.1) is 43.6 Å². The summed E-state index contributed by atoms with van der Waals surface area (Å²) >= 11 is 0. The molecule has 0 atom stereocenters. The van der Waals surface area contributed by atoms with Crippen molar-refractivity contribution in [2.75, 3.05) is 26.4 Å². The molecule has 0 spiro atoms. The summed E-state index contributed by atoms with van der Waals surface area (Å²) in [5, 5.41) is 38.1. The Kier molecular flexibility index (Phi) is 106. The Balaban J connectivity index is -0.000000134. The van der Waals surface area contributed by atoms with Gasteiger partial charge in [-0.2, -0.15) is 0 Å². The second kappa shape index (κ2) is 88.4. The minimum absolute atomic E-state index is 0. The van der Waals surface area contributed by atoms with Crippen molar-refractivity contribution in [3.05, 3.63) is 0 Å². The van der Waals surface area contributed by atoms with Crippen LogP contribution in [-0.4, -0.2) is 50.8 Å². The Morgan fingerprint density at radius 1 is 0.234 bits per heavy atom. The summed E-state index contributed by atoms with van der Waals surface area (Å²) in [5.41, 5.74) is 0. The molecule has 77 heavy (non-hydrogen) atoms. The topological polar surface area (TPSA) is 175 Å². The molecule has 0 saturated carbocycles. The van der Waals surface area contributed by atoms with E-state index in [0.29, 0.717) is 26.4 Å². The molecular formula is C64H138O10P2Ti. The number of unbranched alkanes of at least 4 members (excludes halogenated alkanes) is 40. The molecule has 0 rings (SSSR count). The van der Waals surface area contributed by atoms with Gasteiger partial charge in [0.25, 0.3) is 0 Å². The van der Waals surface area contributed by atoms with Gasteiger partial charge >= 0.3 is 24.6 Å². The van der Waals surface area contributed by atoms with E-state index in [1.165, 1.54) is 257 Å². The van der Waals surface area contributed by atoms with E-state index in [4.69, 9.17) is 18.1 Å². The molecule has 0 saturated heterocycles. The number of hydrogen-bond donors (Lipinski definition) is 0.